The standard InChI is InChI=1S/C25H23NO/c1-26-20-13-7-5-11-17(20)23-21(26)15-19(16-9-3-2-4-10-16)25-24(23)18-12-6-8-14-22(18)27-25/h5-8,11-16H,2-4,9-10H2,1H3. The summed E-state index contributed by atoms with van der Waals surface area (Å²) in [6.07, 6.45) is 6.60. The SMILES string of the molecule is Cn1c2ccccc2c2c3c(oc4ccccc43)c(C3CCCCC3)cc21. The van der Waals surface area contributed by atoms with Gasteiger partial charge in [0.25, 0.3) is 0 Å². The van der Waals surface area contributed by atoms with E-state index in [0.29, 0.717) is 5.92 Å². The molecule has 0 N–H and O–H groups in total. The van der Waals surface area contributed by atoms with Crippen molar-refractivity contribution < 1.29 is 4.42 Å². The molecule has 5 aromatic rings. The lowest BCUT2D eigenvalue weighted by Gasteiger charge is -2.22. The van der Waals surface area contributed by atoms with Gasteiger partial charge < -0.3 is 8.98 Å². The van der Waals surface area contributed by atoms with E-state index in [1.165, 1.54) is 70.2 Å². The van der Waals surface area contributed by atoms with Crippen LogP contribution >= 0.6 is 0 Å². The lowest BCUT2D eigenvalue weighted by molar-refractivity contribution is 0.442. The van der Waals surface area contributed by atoms with E-state index in [2.05, 4.69) is 66.2 Å². The first kappa shape index (κ1) is 15.3. The summed E-state index contributed by atoms with van der Waals surface area (Å²) < 4.78 is 8.85. The first-order valence-corrected chi connectivity index (χ1v) is 10.1. The Morgan fingerprint density at radius 2 is 1.56 bits per heavy atom. The molecule has 0 unspecified atom stereocenters. The van der Waals surface area contributed by atoms with E-state index in [0.717, 1.165) is 11.2 Å². The molecule has 0 aliphatic heterocycles. The summed E-state index contributed by atoms with van der Waals surface area (Å²) in [5.41, 5.74) is 6.16. The summed E-state index contributed by atoms with van der Waals surface area (Å²) in [4.78, 5) is 0. The third-order valence-electron chi connectivity index (χ3n) is 6.60. The maximum absolute atomic E-state index is 6.49. The van der Waals surface area contributed by atoms with E-state index in [-0.39, 0.29) is 0 Å². The second kappa shape index (κ2) is 5.63. The lowest BCUT2D eigenvalue weighted by Crippen LogP contribution is -2.05. The molecule has 0 amide bonds. The molecule has 0 spiro atoms. The number of aromatic nitrogens is 1. The number of hydrogen-bond donors (Lipinski definition) is 0. The predicted molar refractivity (Wildman–Crippen MR) is 114 cm³/mol. The van der Waals surface area contributed by atoms with E-state index in [1.807, 2.05) is 0 Å². The monoisotopic (exact) mass is 353 g/mol. The quantitative estimate of drug-likeness (QED) is 0.310. The van der Waals surface area contributed by atoms with Crippen LogP contribution in [0.3, 0.4) is 0 Å². The topological polar surface area (TPSA) is 18.1 Å². The third-order valence-corrected chi connectivity index (χ3v) is 6.60. The fraction of sp³-hybridized carbons (Fsp3) is 0.280. The Balaban J connectivity index is 1.85. The van der Waals surface area contributed by atoms with Crippen LogP contribution in [0.4, 0.5) is 0 Å². The van der Waals surface area contributed by atoms with Crippen LogP contribution in [0, 0.1) is 0 Å². The molecule has 6 rings (SSSR count). The van der Waals surface area contributed by atoms with E-state index in [1.54, 1.807) is 0 Å². The summed E-state index contributed by atoms with van der Waals surface area (Å²) in [6, 6.07) is 19.7. The molecule has 0 saturated heterocycles. The van der Waals surface area contributed by atoms with Gasteiger partial charge in [-0.1, -0.05) is 55.7 Å². The van der Waals surface area contributed by atoms with Crippen molar-refractivity contribution in [3.05, 3.63) is 60.2 Å². The number of para-hydroxylation sites is 2. The summed E-state index contributed by atoms with van der Waals surface area (Å²) in [5.74, 6) is 0.615. The number of fused-ring (bicyclic) bond motifs is 7. The van der Waals surface area contributed by atoms with Gasteiger partial charge in [-0.05, 0) is 37.0 Å². The molecule has 0 bridgehead atoms. The molecule has 27 heavy (non-hydrogen) atoms. The van der Waals surface area contributed by atoms with Gasteiger partial charge in [-0.3, -0.25) is 0 Å². The van der Waals surface area contributed by atoms with Gasteiger partial charge >= 0.3 is 0 Å². The Morgan fingerprint density at radius 1 is 0.815 bits per heavy atom. The molecular weight excluding hydrogens is 330 g/mol. The molecule has 2 aromatic heterocycles. The minimum Gasteiger partial charge on any atom is -0.456 e. The molecular formula is C25H23NO. The molecule has 2 heteroatoms. The summed E-state index contributed by atoms with van der Waals surface area (Å²) in [6.45, 7) is 0. The molecule has 1 saturated carbocycles. The summed E-state index contributed by atoms with van der Waals surface area (Å²) in [5, 5.41) is 5.21. The van der Waals surface area contributed by atoms with E-state index in [9.17, 15) is 0 Å². The van der Waals surface area contributed by atoms with Crippen LogP contribution in [0.2, 0.25) is 0 Å². The van der Waals surface area contributed by atoms with Crippen LogP contribution in [-0.2, 0) is 7.05 Å². The fourth-order valence-electron chi connectivity index (χ4n) is 5.27. The molecule has 1 aliphatic rings. The molecule has 0 radical (unpaired) electrons. The normalized spacial score (nSPS) is 16.2. The van der Waals surface area contributed by atoms with Crippen LogP contribution in [0.5, 0.6) is 0 Å². The zero-order valence-corrected chi connectivity index (χ0v) is 15.7. The van der Waals surface area contributed by atoms with Crippen molar-refractivity contribution in [2.45, 2.75) is 38.0 Å². The van der Waals surface area contributed by atoms with Gasteiger partial charge in [0.1, 0.15) is 11.2 Å². The van der Waals surface area contributed by atoms with E-state index >= 15 is 0 Å². The average molecular weight is 353 g/mol. The fourth-order valence-corrected chi connectivity index (χ4v) is 5.27. The third kappa shape index (κ3) is 2.07. The van der Waals surface area contributed by atoms with E-state index in [4.69, 9.17) is 4.42 Å². The maximum atomic E-state index is 6.49. The summed E-state index contributed by atoms with van der Waals surface area (Å²) in [7, 11) is 2.20. The second-order valence-electron chi connectivity index (χ2n) is 8.07. The summed E-state index contributed by atoms with van der Waals surface area (Å²) >= 11 is 0. The van der Waals surface area contributed by atoms with Crippen molar-refractivity contribution >= 4 is 43.7 Å². The number of furan rings is 1. The van der Waals surface area contributed by atoms with Crippen LogP contribution in [0.25, 0.3) is 43.7 Å². The largest absolute Gasteiger partial charge is 0.456 e. The van der Waals surface area contributed by atoms with Crippen molar-refractivity contribution in [1.29, 1.82) is 0 Å². The molecule has 134 valence electrons. The van der Waals surface area contributed by atoms with Crippen LogP contribution < -0.4 is 0 Å². The molecule has 3 aromatic carbocycles. The number of rotatable bonds is 1. The zero-order chi connectivity index (χ0) is 18.0. The highest BCUT2D eigenvalue weighted by atomic mass is 16.3. The van der Waals surface area contributed by atoms with Crippen molar-refractivity contribution in [2.24, 2.45) is 7.05 Å². The zero-order valence-electron chi connectivity index (χ0n) is 15.7. The van der Waals surface area contributed by atoms with Crippen molar-refractivity contribution in [2.75, 3.05) is 0 Å². The van der Waals surface area contributed by atoms with Gasteiger partial charge in [-0.25, -0.2) is 0 Å². The highest BCUT2D eigenvalue weighted by Gasteiger charge is 2.24. The van der Waals surface area contributed by atoms with Crippen molar-refractivity contribution in [3.63, 3.8) is 0 Å². The minimum atomic E-state index is 0.615. The number of aryl methyl sites for hydroxylation is 1. The molecule has 0 atom stereocenters. The average Bonchev–Trinajstić information content (AvgIpc) is 3.24. The number of benzene rings is 3. The van der Waals surface area contributed by atoms with Crippen LogP contribution in [-0.4, -0.2) is 4.57 Å². The van der Waals surface area contributed by atoms with Gasteiger partial charge in [-0.15, -0.1) is 0 Å². The van der Waals surface area contributed by atoms with E-state index < -0.39 is 0 Å². The number of hydrogen-bond acceptors (Lipinski definition) is 1. The molecule has 2 heterocycles. The van der Waals surface area contributed by atoms with Gasteiger partial charge in [0.2, 0.25) is 0 Å². The van der Waals surface area contributed by atoms with Crippen molar-refractivity contribution in [3.8, 4) is 0 Å². The van der Waals surface area contributed by atoms with Crippen LogP contribution in [0.15, 0.2) is 59.0 Å². The van der Waals surface area contributed by atoms with Gasteiger partial charge in [0.05, 0.1) is 5.52 Å². The Hall–Kier alpha value is -2.74. The van der Waals surface area contributed by atoms with Gasteiger partial charge in [0, 0.05) is 39.7 Å². The van der Waals surface area contributed by atoms with Crippen LogP contribution in [0.1, 0.15) is 43.6 Å². The second-order valence-corrected chi connectivity index (χ2v) is 8.07. The van der Waals surface area contributed by atoms with Gasteiger partial charge in [0.15, 0.2) is 0 Å². The smallest absolute Gasteiger partial charge is 0.139 e. The Labute approximate surface area is 158 Å². The predicted octanol–water partition coefficient (Wildman–Crippen LogP) is 7.28. The Kier molecular flexibility index (Phi) is 3.19. The maximum Gasteiger partial charge on any atom is 0.139 e. The highest BCUT2D eigenvalue weighted by molar-refractivity contribution is 6.27. The first-order valence-electron chi connectivity index (χ1n) is 10.1. The first-order chi connectivity index (χ1) is 13.3. The number of nitrogens with zero attached hydrogens (tertiary/aromatic N) is 1. The lowest BCUT2D eigenvalue weighted by atomic mass is 9.83. The Morgan fingerprint density at radius 3 is 2.41 bits per heavy atom. The highest BCUT2D eigenvalue weighted by Crippen LogP contribution is 2.45. The van der Waals surface area contributed by atoms with Gasteiger partial charge in [-0.2, -0.15) is 0 Å². The molecule has 1 fully saturated rings. The minimum absolute atomic E-state index is 0.615. The van der Waals surface area contributed by atoms with Crippen molar-refractivity contribution in [1.82, 2.24) is 4.57 Å². The molecule has 2 nitrogen and oxygen atoms in total. The molecule has 1 aliphatic carbocycles. The Bertz CT molecular complexity index is 1310.